The molecule has 0 unspecified atom stereocenters. The van der Waals surface area contributed by atoms with E-state index in [4.69, 9.17) is 15.0 Å². The molecule has 6 heterocycles. The van der Waals surface area contributed by atoms with E-state index in [9.17, 15) is 0 Å². The molecule has 67 heavy (non-hydrogen) atoms. The van der Waals surface area contributed by atoms with E-state index in [2.05, 4.69) is 229 Å². The van der Waals surface area contributed by atoms with Crippen molar-refractivity contribution in [1.82, 2.24) is 37.8 Å². The van der Waals surface area contributed by atoms with E-state index in [0.717, 1.165) is 88.7 Å². The van der Waals surface area contributed by atoms with E-state index in [1.807, 2.05) is 12.3 Å². The van der Waals surface area contributed by atoms with Crippen molar-refractivity contribution in [3.8, 4) is 29.0 Å². The summed E-state index contributed by atoms with van der Waals surface area (Å²) in [4.78, 5) is 16.2. The average molecular weight is 857 g/mol. The predicted molar refractivity (Wildman–Crippen MR) is 274 cm³/mol. The van der Waals surface area contributed by atoms with Gasteiger partial charge in [0.25, 0.3) is 0 Å². The van der Waals surface area contributed by atoms with Gasteiger partial charge in [-0.05, 0) is 78.9 Å². The highest BCUT2D eigenvalue weighted by molar-refractivity contribution is 6.26. The summed E-state index contributed by atoms with van der Waals surface area (Å²) in [6.45, 7) is 0. The highest BCUT2D eigenvalue weighted by Gasteiger charge is 2.26. The van der Waals surface area contributed by atoms with E-state index >= 15 is 0 Å². The van der Waals surface area contributed by atoms with Gasteiger partial charge < -0.3 is 9.13 Å². The predicted octanol–water partition coefficient (Wildman–Crippen LogP) is 14.2. The summed E-state index contributed by atoms with van der Waals surface area (Å²) in [5.74, 6) is 1.30. The molecule has 0 saturated carbocycles. The Kier molecular flexibility index (Phi) is 7.34. The fourth-order valence-corrected chi connectivity index (χ4v) is 11.0. The average Bonchev–Trinajstić information content (AvgIpc) is 4.19. The zero-order valence-corrected chi connectivity index (χ0v) is 35.9. The molecule has 15 rings (SSSR count). The number of imidazole rings is 1. The number of hydrogen-bond donors (Lipinski definition) is 0. The molecule has 0 atom stereocenters. The molecule has 312 valence electrons. The zero-order valence-electron chi connectivity index (χ0n) is 35.9. The molecule has 0 bridgehead atoms. The van der Waals surface area contributed by atoms with Crippen molar-refractivity contribution in [2.24, 2.45) is 0 Å². The van der Waals surface area contributed by atoms with Gasteiger partial charge >= 0.3 is 0 Å². The van der Waals surface area contributed by atoms with Crippen molar-refractivity contribution >= 4 is 98.4 Å². The number of para-hydroxylation sites is 7. The molecule has 0 aliphatic carbocycles. The molecule has 0 aliphatic heterocycles. The Bertz CT molecular complexity index is 4490. The maximum absolute atomic E-state index is 5.54. The van der Waals surface area contributed by atoms with Crippen LogP contribution in [0.4, 0.5) is 0 Å². The van der Waals surface area contributed by atoms with Gasteiger partial charge in [0.1, 0.15) is 5.52 Å². The summed E-state index contributed by atoms with van der Waals surface area (Å²) in [7, 11) is 0. The first-order valence-electron chi connectivity index (χ1n) is 22.6. The molecule has 0 N–H and O–H groups in total. The Hall–Kier alpha value is -9.27. The quantitative estimate of drug-likeness (QED) is 0.173. The van der Waals surface area contributed by atoms with Crippen LogP contribution in [0.25, 0.3) is 127 Å². The molecule has 8 nitrogen and oxygen atoms in total. The summed E-state index contributed by atoms with van der Waals surface area (Å²) in [6.07, 6.45) is 1.95. The lowest BCUT2D eigenvalue weighted by molar-refractivity contribution is 0.954. The van der Waals surface area contributed by atoms with Crippen LogP contribution in [0.15, 0.2) is 219 Å². The van der Waals surface area contributed by atoms with Crippen LogP contribution in [0.1, 0.15) is 0 Å². The molecular formula is C59H36N8. The minimum atomic E-state index is 0.561. The van der Waals surface area contributed by atoms with Crippen LogP contribution in [0.5, 0.6) is 0 Å². The van der Waals surface area contributed by atoms with Gasteiger partial charge in [-0.25, -0.2) is 4.98 Å². The molecule has 0 radical (unpaired) electrons. The molecule has 8 heteroatoms. The van der Waals surface area contributed by atoms with Gasteiger partial charge in [-0.15, -0.1) is 0 Å². The number of rotatable bonds is 5. The Morgan fingerprint density at radius 1 is 0.284 bits per heavy atom. The maximum atomic E-state index is 5.54. The second kappa shape index (κ2) is 13.6. The zero-order chi connectivity index (χ0) is 43.7. The third-order valence-electron chi connectivity index (χ3n) is 13.8. The van der Waals surface area contributed by atoms with Gasteiger partial charge in [0, 0.05) is 60.2 Å². The topological polar surface area (TPSA) is 63.3 Å². The lowest BCUT2D eigenvalue weighted by Crippen LogP contribution is -2.05. The van der Waals surface area contributed by atoms with Crippen LogP contribution in [0.3, 0.4) is 0 Å². The minimum Gasteiger partial charge on any atom is -0.309 e. The van der Waals surface area contributed by atoms with E-state index in [1.54, 1.807) is 0 Å². The first kappa shape index (κ1) is 36.1. The second-order valence-corrected chi connectivity index (χ2v) is 17.3. The fraction of sp³-hybridized carbons (Fsp3) is 0. The number of fused-ring (bicyclic) bond motifs is 14. The summed E-state index contributed by atoms with van der Waals surface area (Å²) in [5, 5.41) is 9.35. The van der Waals surface area contributed by atoms with Crippen LogP contribution < -0.4 is 0 Å². The van der Waals surface area contributed by atoms with Crippen LogP contribution >= 0.6 is 0 Å². The van der Waals surface area contributed by atoms with E-state index < -0.39 is 0 Å². The fourth-order valence-electron chi connectivity index (χ4n) is 11.0. The monoisotopic (exact) mass is 856 g/mol. The second-order valence-electron chi connectivity index (χ2n) is 17.3. The molecule has 0 aliphatic rings. The Morgan fingerprint density at radius 2 is 0.746 bits per heavy atom. The summed E-state index contributed by atoms with van der Waals surface area (Å²) in [6, 6.07) is 75.6. The van der Waals surface area contributed by atoms with Gasteiger partial charge in [-0.3, -0.25) is 13.7 Å². The molecule has 0 fully saturated rings. The van der Waals surface area contributed by atoms with Crippen LogP contribution in [-0.2, 0) is 0 Å². The highest BCUT2D eigenvalue weighted by Crippen LogP contribution is 2.43. The van der Waals surface area contributed by atoms with Gasteiger partial charge in [-0.1, -0.05) is 133 Å². The summed E-state index contributed by atoms with van der Waals surface area (Å²) >= 11 is 0. The SMILES string of the molecule is c1ccc(-n2c(-n3c4ccccc4c4c3ccc3c5ccccc5n(-c5ccccc5)c34)nc3nc(-n4c5ccccc5c5cc6c(cc54)c4ccccc4n6-c4ccccc4)ncc32)cc1. The smallest absolute Gasteiger partial charge is 0.236 e. The van der Waals surface area contributed by atoms with Crippen molar-refractivity contribution < 1.29 is 0 Å². The largest absolute Gasteiger partial charge is 0.309 e. The van der Waals surface area contributed by atoms with Crippen LogP contribution in [0, 0.1) is 0 Å². The minimum absolute atomic E-state index is 0.561. The van der Waals surface area contributed by atoms with Crippen molar-refractivity contribution in [3.63, 3.8) is 0 Å². The lowest BCUT2D eigenvalue weighted by atomic mass is 10.1. The highest BCUT2D eigenvalue weighted by atomic mass is 15.3. The van der Waals surface area contributed by atoms with Crippen molar-refractivity contribution in [1.29, 1.82) is 0 Å². The van der Waals surface area contributed by atoms with Gasteiger partial charge in [0.05, 0.1) is 50.3 Å². The van der Waals surface area contributed by atoms with Gasteiger partial charge in [0.15, 0.2) is 5.65 Å². The van der Waals surface area contributed by atoms with Crippen LogP contribution in [-0.4, -0.2) is 37.8 Å². The van der Waals surface area contributed by atoms with Crippen molar-refractivity contribution in [2.75, 3.05) is 0 Å². The molecule has 0 amide bonds. The number of benzene rings is 9. The summed E-state index contributed by atoms with van der Waals surface area (Å²) in [5.41, 5.74) is 13.4. The first-order chi connectivity index (χ1) is 33.3. The number of hydrogen-bond acceptors (Lipinski definition) is 3. The molecular weight excluding hydrogens is 821 g/mol. The Morgan fingerprint density at radius 3 is 1.36 bits per heavy atom. The third-order valence-corrected chi connectivity index (χ3v) is 13.8. The van der Waals surface area contributed by atoms with Crippen molar-refractivity contribution in [2.45, 2.75) is 0 Å². The number of nitrogens with zero attached hydrogens (tertiary/aromatic N) is 8. The Labute approximate surface area is 382 Å². The number of aromatic nitrogens is 8. The van der Waals surface area contributed by atoms with E-state index in [0.29, 0.717) is 11.6 Å². The van der Waals surface area contributed by atoms with E-state index in [1.165, 1.54) is 27.1 Å². The molecule has 0 spiro atoms. The molecule has 6 aromatic heterocycles. The van der Waals surface area contributed by atoms with E-state index in [-0.39, 0.29) is 0 Å². The maximum Gasteiger partial charge on any atom is 0.236 e. The molecule has 9 aromatic carbocycles. The van der Waals surface area contributed by atoms with Gasteiger partial charge in [0.2, 0.25) is 11.9 Å². The summed E-state index contributed by atoms with van der Waals surface area (Å²) < 4.78 is 11.5. The molecule has 0 saturated heterocycles. The third kappa shape index (κ3) is 4.98. The van der Waals surface area contributed by atoms with Gasteiger partial charge in [-0.2, -0.15) is 9.97 Å². The lowest BCUT2D eigenvalue weighted by Gasteiger charge is -2.12. The first-order valence-corrected chi connectivity index (χ1v) is 22.6. The van der Waals surface area contributed by atoms with Crippen molar-refractivity contribution in [3.05, 3.63) is 219 Å². The molecule has 15 aromatic rings. The normalized spacial score (nSPS) is 12.2. The standard InChI is InChI=1S/C59H36N8/c1-4-18-37(19-5-1)63-47-28-14-11-25-41(47)45-35-53-46(34-52(45)63)42-26-12-16-30-49(42)66(53)58-60-36-54-57(61-58)62-59(65(54)39-22-8-3-9-23-39)67-50-31-17-13-27-44(50)55-51(67)33-32-43-40-24-10-15-29-48(40)64(56(43)55)38-20-6-2-7-21-38/h1-36H. The Balaban J connectivity index is 1.02. The van der Waals surface area contributed by atoms with Crippen LogP contribution in [0.2, 0.25) is 0 Å².